The zero-order valence-electron chi connectivity index (χ0n) is 21.5. The van der Waals surface area contributed by atoms with Crippen molar-refractivity contribution in [3.8, 4) is 17.7 Å². The Bertz CT molecular complexity index is 870. The quantitative estimate of drug-likeness (QED) is 0.524. The number of aromatic nitrogens is 1. The van der Waals surface area contributed by atoms with E-state index in [-0.39, 0.29) is 29.2 Å². The highest BCUT2D eigenvalue weighted by Crippen LogP contribution is 2.37. The summed E-state index contributed by atoms with van der Waals surface area (Å²) in [6.45, 7) is 17.4. The van der Waals surface area contributed by atoms with Gasteiger partial charge in [0.25, 0.3) is 5.88 Å². The average molecular weight is 478 g/mol. The van der Waals surface area contributed by atoms with Crippen LogP contribution in [0.5, 0.6) is 11.6 Å². The third-order valence-corrected chi connectivity index (χ3v) is 10.7. The Morgan fingerprint density at radius 1 is 1.24 bits per heavy atom. The molecule has 1 aromatic heterocycles. The summed E-state index contributed by atoms with van der Waals surface area (Å²) in [7, 11) is -0.489. The number of nitrogens with zero attached hydrogens (tertiary/aromatic N) is 3. The lowest BCUT2D eigenvalue weighted by Crippen LogP contribution is -2.55. The maximum absolute atomic E-state index is 13.1. The van der Waals surface area contributed by atoms with Crippen molar-refractivity contribution >= 4 is 14.4 Å². The van der Waals surface area contributed by atoms with Gasteiger partial charge in [0, 0.05) is 6.20 Å². The summed E-state index contributed by atoms with van der Waals surface area (Å²) in [6, 6.07) is 3.56. The lowest BCUT2D eigenvalue weighted by Gasteiger charge is -2.42. The van der Waals surface area contributed by atoms with E-state index in [1.54, 1.807) is 11.0 Å². The van der Waals surface area contributed by atoms with Crippen molar-refractivity contribution in [2.24, 2.45) is 0 Å². The number of rotatable bonds is 6. The van der Waals surface area contributed by atoms with Crippen LogP contribution in [0.15, 0.2) is 12.3 Å². The normalized spacial score (nSPS) is 19.6. The van der Waals surface area contributed by atoms with Gasteiger partial charge in [0.1, 0.15) is 23.3 Å². The van der Waals surface area contributed by atoms with Crippen LogP contribution in [0.4, 0.5) is 4.79 Å². The second-order valence-electron chi connectivity index (χ2n) is 11.0. The van der Waals surface area contributed by atoms with E-state index in [2.05, 4.69) is 44.9 Å². The molecule has 1 aliphatic rings. The highest BCUT2D eigenvalue weighted by atomic mass is 28.4. The third-order valence-electron chi connectivity index (χ3n) is 6.21. The minimum Gasteiger partial charge on any atom is -0.490 e. The van der Waals surface area contributed by atoms with Crippen molar-refractivity contribution in [3.63, 3.8) is 0 Å². The number of carbonyl (C=O) groups is 1. The zero-order valence-corrected chi connectivity index (χ0v) is 22.5. The number of carbonyl (C=O) groups excluding carboxylic acids is 1. The molecule has 1 saturated heterocycles. The zero-order chi connectivity index (χ0) is 25.0. The first-order valence-corrected chi connectivity index (χ1v) is 14.3. The maximum atomic E-state index is 13.1. The van der Waals surface area contributed by atoms with Crippen molar-refractivity contribution in [2.45, 2.75) is 90.3 Å². The van der Waals surface area contributed by atoms with Gasteiger partial charge in [-0.2, -0.15) is 5.26 Å². The molecular weight excluding hydrogens is 438 g/mol. The average Bonchev–Trinajstić information content (AvgIpc) is 2.70. The smallest absolute Gasteiger partial charge is 0.410 e. The van der Waals surface area contributed by atoms with Crippen LogP contribution >= 0.6 is 0 Å². The van der Waals surface area contributed by atoms with Crippen LogP contribution < -0.4 is 9.47 Å². The molecule has 9 heteroatoms. The van der Waals surface area contributed by atoms with Crippen molar-refractivity contribution < 1.29 is 23.4 Å². The molecule has 2 atom stereocenters. The van der Waals surface area contributed by atoms with Crippen LogP contribution in [0.2, 0.25) is 18.1 Å². The summed E-state index contributed by atoms with van der Waals surface area (Å²) < 4.78 is 23.6. The number of methoxy groups -OCH3 is 1. The highest BCUT2D eigenvalue weighted by Gasteiger charge is 2.41. The number of likely N-dealkylation sites (tertiary alicyclic amines) is 1. The molecule has 1 amide bonds. The number of pyridine rings is 1. The van der Waals surface area contributed by atoms with E-state index in [4.69, 9.17) is 18.6 Å². The van der Waals surface area contributed by atoms with Crippen LogP contribution in [-0.4, -0.2) is 62.3 Å². The number of ether oxygens (including phenoxy) is 3. The molecule has 33 heavy (non-hydrogen) atoms. The molecule has 1 aromatic rings. The summed E-state index contributed by atoms with van der Waals surface area (Å²) in [5.74, 6) is 0.550. The first-order chi connectivity index (χ1) is 15.2. The Morgan fingerprint density at radius 2 is 1.91 bits per heavy atom. The fourth-order valence-corrected chi connectivity index (χ4v) is 4.33. The van der Waals surface area contributed by atoms with Crippen molar-refractivity contribution in [2.75, 3.05) is 20.3 Å². The van der Waals surface area contributed by atoms with Crippen LogP contribution in [0.25, 0.3) is 0 Å². The number of amides is 1. The van der Waals surface area contributed by atoms with Crippen LogP contribution in [0.3, 0.4) is 0 Å². The van der Waals surface area contributed by atoms with Gasteiger partial charge in [0.05, 0.1) is 26.3 Å². The summed E-state index contributed by atoms with van der Waals surface area (Å²) in [6.07, 6.45) is 2.24. The second-order valence-corrected chi connectivity index (χ2v) is 15.8. The van der Waals surface area contributed by atoms with Gasteiger partial charge in [-0.15, -0.1) is 0 Å². The van der Waals surface area contributed by atoms with Gasteiger partial charge in [-0.25, -0.2) is 9.78 Å². The first-order valence-electron chi connectivity index (χ1n) is 11.4. The molecule has 0 saturated carbocycles. The van der Waals surface area contributed by atoms with E-state index in [9.17, 15) is 10.1 Å². The van der Waals surface area contributed by atoms with E-state index in [0.29, 0.717) is 37.3 Å². The van der Waals surface area contributed by atoms with Gasteiger partial charge >= 0.3 is 6.09 Å². The Balaban J connectivity index is 2.21. The largest absolute Gasteiger partial charge is 0.490 e. The fraction of sp³-hybridized carbons (Fsp3) is 0.708. The number of nitriles is 1. The number of piperidine rings is 1. The van der Waals surface area contributed by atoms with Gasteiger partial charge in [0.2, 0.25) is 0 Å². The lowest BCUT2D eigenvalue weighted by atomic mass is 10.0. The predicted octanol–water partition coefficient (Wildman–Crippen LogP) is 5.13. The SMILES string of the molecule is COc1c(C#N)ccnc1O[C@@H]1CC[C@@H](CO[Si](C)(C)C(C)(C)C)N(C(=O)OC(C)(C)C)C1. The van der Waals surface area contributed by atoms with Gasteiger partial charge in [-0.1, -0.05) is 20.8 Å². The molecule has 0 bridgehead atoms. The Labute approximate surface area is 199 Å². The molecule has 8 nitrogen and oxygen atoms in total. The standard InChI is InChI=1S/C24H39N3O5Si/c1-23(2,3)32-22(28)27-15-19(31-21-20(29-7)17(14-25)12-13-26-21)11-10-18(27)16-30-33(8,9)24(4,5)6/h12-13,18-19H,10-11,15-16H2,1-9H3/t18-,19+/m0/s1. The van der Waals surface area contributed by atoms with Crippen molar-refractivity contribution in [1.82, 2.24) is 9.88 Å². The lowest BCUT2D eigenvalue weighted by molar-refractivity contribution is -0.0175. The van der Waals surface area contributed by atoms with E-state index in [1.165, 1.54) is 13.3 Å². The molecule has 0 aliphatic carbocycles. The minimum absolute atomic E-state index is 0.0814. The predicted molar refractivity (Wildman–Crippen MR) is 129 cm³/mol. The number of hydrogen-bond acceptors (Lipinski definition) is 7. The summed E-state index contributed by atoms with van der Waals surface area (Å²) in [4.78, 5) is 19.0. The molecule has 0 spiro atoms. The molecule has 1 aliphatic heterocycles. The van der Waals surface area contributed by atoms with E-state index in [0.717, 1.165) is 0 Å². The monoisotopic (exact) mass is 477 g/mol. The summed E-state index contributed by atoms with van der Waals surface area (Å²) in [5, 5.41) is 9.41. The highest BCUT2D eigenvalue weighted by molar-refractivity contribution is 6.74. The maximum Gasteiger partial charge on any atom is 0.410 e. The van der Waals surface area contributed by atoms with Crippen molar-refractivity contribution in [1.29, 1.82) is 5.26 Å². The topological polar surface area (TPSA) is 93.9 Å². The molecular formula is C24H39N3O5Si. The van der Waals surface area contributed by atoms with E-state index >= 15 is 0 Å². The van der Waals surface area contributed by atoms with Gasteiger partial charge in [-0.3, -0.25) is 4.90 Å². The second kappa shape index (κ2) is 10.3. The van der Waals surface area contributed by atoms with Gasteiger partial charge in [0.15, 0.2) is 14.1 Å². The van der Waals surface area contributed by atoms with Crippen LogP contribution in [0.1, 0.15) is 59.9 Å². The molecule has 0 N–H and O–H groups in total. The molecule has 0 radical (unpaired) electrons. The minimum atomic E-state index is -1.97. The van der Waals surface area contributed by atoms with E-state index < -0.39 is 13.9 Å². The fourth-order valence-electron chi connectivity index (χ4n) is 3.28. The molecule has 2 rings (SSSR count). The molecule has 0 unspecified atom stereocenters. The van der Waals surface area contributed by atoms with E-state index in [1.807, 2.05) is 20.8 Å². The van der Waals surface area contributed by atoms with Crippen molar-refractivity contribution in [3.05, 3.63) is 17.8 Å². The Morgan fingerprint density at radius 3 is 2.45 bits per heavy atom. The van der Waals surface area contributed by atoms with Gasteiger partial charge in [-0.05, 0) is 57.8 Å². The van der Waals surface area contributed by atoms with Gasteiger partial charge < -0.3 is 18.6 Å². The Hall–Kier alpha value is -2.31. The molecule has 0 aromatic carbocycles. The van der Waals surface area contributed by atoms with Crippen LogP contribution in [0, 0.1) is 11.3 Å². The third kappa shape index (κ3) is 7.08. The summed E-state index contributed by atoms with van der Waals surface area (Å²) in [5.41, 5.74) is -0.260. The van der Waals surface area contributed by atoms with Crippen LogP contribution in [-0.2, 0) is 9.16 Å². The first kappa shape index (κ1) is 26.9. The molecule has 1 fully saturated rings. The molecule has 2 heterocycles. The molecule has 184 valence electrons. The Kier molecular flexibility index (Phi) is 8.41. The number of hydrogen-bond donors (Lipinski definition) is 0. The summed E-state index contributed by atoms with van der Waals surface area (Å²) >= 11 is 0.